The van der Waals surface area contributed by atoms with Crippen molar-refractivity contribution in [1.82, 2.24) is 6.15 Å². The van der Waals surface area contributed by atoms with Crippen LogP contribution in [0.2, 0.25) is 0 Å². The lowest BCUT2D eigenvalue weighted by Gasteiger charge is -2.38. The molecule has 0 aromatic carbocycles. The molecule has 0 radical (unpaired) electrons. The second-order valence-corrected chi connectivity index (χ2v) is 11.0. The minimum atomic E-state index is -0.833. The van der Waals surface area contributed by atoms with Crippen LogP contribution in [0.15, 0.2) is 0 Å². The van der Waals surface area contributed by atoms with Crippen LogP contribution in [0.25, 0.3) is 0 Å². The molecule has 0 aromatic rings. The van der Waals surface area contributed by atoms with Gasteiger partial charge in [-0.1, -0.05) is 86.0 Å². The van der Waals surface area contributed by atoms with Gasteiger partial charge < -0.3 is 20.2 Å². The number of aliphatic carboxylic acids is 1. The quantitative estimate of drug-likeness (QED) is 0.141. The zero-order valence-electron chi connectivity index (χ0n) is 25.4. The number of carboxylic acid groups (broad SMARTS) is 1. The van der Waals surface area contributed by atoms with E-state index in [0.29, 0.717) is 0 Å². The van der Waals surface area contributed by atoms with Crippen LogP contribution in [0.4, 0.5) is 0 Å². The highest BCUT2D eigenvalue weighted by atomic mass is 16.4. The predicted molar refractivity (Wildman–Crippen MR) is 154 cm³/mol. The summed E-state index contributed by atoms with van der Waals surface area (Å²) in [6.07, 6.45) is 19.7. The van der Waals surface area contributed by atoms with E-state index in [1.807, 2.05) is 0 Å². The van der Waals surface area contributed by atoms with Gasteiger partial charge in [-0.3, -0.25) is 4.79 Å². The number of rotatable bonds is 19. The van der Waals surface area contributed by atoms with Crippen LogP contribution >= 0.6 is 0 Å². The highest BCUT2D eigenvalue weighted by Crippen LogP contribution is 2.13. The number of quaternary nitrogens is 2. The summed E-state index contributed by atoms with van der Waals surface area (Å²) < 4.78 is 2.50. The maximum atomic E-state index is 9.00. The number of nitrogens with zero attached hydrogens (tertiary/aromatic N) is 2. The van der Waals surface area contributed by atoms with Gasteiger partial charge in [0, 0.05) is 6.92 Å². The van der Waals surface area contributed by atoms with Crippen molar-refractivity contribution in [3.05, 3.63) is 0 Å². The van der Waals surface area contributed by atoms with E-state index in [0.717, 1.165) is 11.4 Å². The van der Waals surface area contributed by atoms with E-state index in [1.165, 1.54) is 127 Å². The van der Waals surface area contributed by atoms with Crippen LogP contribution in [0.5, 0.6) is 0 Å². The van der Waals surface area contributed by atoms with Crippen LogP contribution in [-0.4, -0.2) is 73.9 Å². The Hall–Kier alpha value is -0.650. The molecule has 0 fully saturated rings. The van der Waals surface area contributed by atoms with Gasteiger partial charge in [-0.05, 0) is 38.5 Å². The molecule has 0 bridgehead atoms. The van der Waals surface area contributed by atoms with Gasteiger partial charge in [-0.15, -0.1) is 0 Å². The first-order chi connectivity index (χ1) is 15.5. The van der Waals surface area contributed by atoms with Crippen molar-refractivity contribution in [3.8, 4) is 0 Å². The van der Waals surface area contributed by atoms with Gasteiger partial charge in [0.05, 0.1) is 53.9 Å². The van der Waals surface area contributed by atoms with Crippen LogP contribution in [0.1, 0.15) is 131 Å². The van der Waals surface area contributed by atoms with Crippen molar-refractivity contribution >= 4 is 5.97 Å². The predicted octanol–water partition coefficient (Wildman–Crippen LogP) is 8.31. The molecule has 0 rings (SSSR count). The molecule has 5 heteroatoms. The molecule has 0 atom stereocenters. The van der Waals surface area contributed by atoms with Gasteiger partial charge in [-0.25, -0.2) is 0 Å². The van der Waals surface area contributed by atoms with Gasteiger partial charge in [0.25, 0.3) is 5.97 Å². The van der Waals surface area contributed by atoms with Gasteiger partial charge in [0.2, 0.25) is 0 Å². The molecule has 210 valence electrons. The summed E-state index contributed by atoms with van der Waals surface area (Å²) in [7, 11) is 6.86. The Morgan fingerprint density at radius 2 is 0.794 bits per heavy atom. The Morgan fingerprint density at radius 1 is 0.529 bits per heavy atom. The zero-order chi connectivity index (χ0) is 26.0. The summed E-state index contributed by atoms with van der Waals surface area (Å²) in [4.78, 5) is 9.00. The molecule has 0 amide bonds. The second kappa shape index (κ2) is 28.6. The summed E-state index contributed by atoms with van der Waals surface area (Å²) in [5.41, 5.74) is 0. The number of carbonyl (C=O) groups is 1. The fraction of sp³-hybridized carbons (Fsp3) is 0.966. The molecule has 0 aliphatic carbocycles. The normalized spacial score (nSPS) is 11.0. The van der Waals surface area contributed by atoms with Crippen LogP contribution in [0.3, 0.4) is 0 Å². The summed E-state index contributed by atoms with van der Waals surface area (Å²) in [6, 6.07) is 0. The highest BCUT2D eigenvalue weighted by molar-refractivity contribution is 5.62. The van der Waals surface area contributed by atoms with Crippen molar-refractivity contribution in [2.24, 2.45) is 0 Å². The monoisotopic (exact) mass is 492 g/mol. The lowest BCUT2D eigenvalue weighted by molar-refractivity contribution is -0.928. The molecule has 0 aromatic heterocycles. The molecule has 0 aliphatic rings. The molecule has 0 saturated heterocycles. The summed E-state index contributed by atoms with van der Waals surface area (Å²) in [6.45, 7) is 19.5. The molecular weight excluding hydrogens is 422 g/mol. The second-order valence-electron chi connectivity index (χ2n) is 11.0. The highest BCUT2D eigenvalue weighted by Gasteiger charge is 2.22. The molecule has 0 aliphatic heterocycles. The van der Waals surface area contributed by atoms with Crippen LogP contribution in [0, 0.1) is 0 Å². The molecule has 0 spiro atoms. The minimum absolute atomic E-state index is 0. The minimum Gasteiger partial charge on any atom is -0.481 e. The van der Waals surface area contributed by atoms with Crippen molar-refractivity contribution in [3.63, 3.8) is 0 Å². The molecular formula is C29H69N3O2+2. The molecule has 0 unspecified atom stereocenters. The SMILES string of the molecule is CC(=O)O.CCCCCCCCCCCC[N+](C)(C)C.CCC[N+](CCC)(CCC)CCC.N. The van der Waals surface area contributed by atoms with Crippen LogP contribution in [-0.2, 0) is 4.79 Å². The number of unbranched alkanes of at least 4 members (excludes halogenated alkanes) is 9. The van der Waals surface area contributed by atoms with E-state index in [9.17, 15) is 0 Å². The zero-order valence-corrected chi connectivity index (χ0v) is 25.4. The first-order valence-corrected chi connectivity index (χ1v) is 14.4. The largest absolute Gasteiger partial charge is 0.481 e. The van der Waals surface area contributed by atoms with Crippen molar-refractivity contribution in [2.75, 3.05) is 53.9 Å². The van der Waals surface area contributed by atoms with E-state index in [2.05, 4.69) is 55.8 Å². The Labute approximate surface area is 216 Å². The third-order valence-electron chi connectivity index (χ3n) is 5.97. The Balaban J connectivity index is -0.000000226. The van der Waals surface area contributed by atoms with E-state index >= 15 is 0 Å². The summed E-state index contributed by atoms with van der Waals surface area (Å²) >= 11 is 0. The number of hydrogen-bond acceptors (Lipinski definition) is 2. The van der Waals surface area contributed by atoms with E-state index < -0.39 is 5.97 Å². The van der Waals surface area contributed by atoms with Crippen LogP contribution < -0.4 is 6.15 Å². The van der Waals surface area contributed by atoms with Gasteiger partial charge in [0.1, 0.15) is 0 Å². The smallest absolute Gasteiger partial charge is 0.300 e. The molecule has 4 N–H and O–H groups in total. The van der Waals surface area contributed by atoms with Crippen molar-refractivity contribution in [1.29, 1.82) is 0 Å². The molecule has 5 nitrogen and oxygen atoms in total. The van der Waals surface area contributed by atoms with E-state index in [4.69, 9.17) is 9.90 Å². The first-order valence-electron chi connectivity index (χ1n) is 14.4. The van der Waals surface area contributed by atoms with Gasteiger partial charge in [-0.2, -0.15) is 0 Å². The fourth-order valence-electron chi connectivity index (χ4n) is 4.64. The maximum Gasteiger partial charge on any atom is 0.300 e. The fourth-order valence-corrected chi connectivity index (χ4v) is 4.64. The standard InChI is InChI=1S/C15H34N.C12H28N.C2H4O2.H3N/c1-5-6-7-8-9-10-11-12-13-14-15-16(2,3)4;1-5-9-13(10-6-2,11-7-3)12-8-4;1-2(3)4;/h5-15H2,1-4H3;5-12H2,1-4H3;1H3,(H,3,4);1H3/q2*+1;;. The summed E-state index contributed by atoms with van der Waals surface area (Å²) in [5, 5.41) is 7.42. The van der Waals surface area contributed by atoms with E-state index in [1.54, 1.807) is 0 Å². The van der Waals surface area contributed by atoms with Gasteiger partial charge in [0.15, 0.2) is 0 Å². The Morgan fingerprint density at radius 3 is 1.03 bits per heavy atom. The van der Waals surface area contributed by atoms with Crippen molar-refractivity contribution in [2.45, 2.75) is 131 Å². The lowest BCUT2D eigenvalue weighted by Crippen LogP contribution is -2.50. The van der Waals surface area contributed by atoms with E-state index in [-0.39, 0.29) is 6.15 Å². The third-order valence-corrected chi connectivity index (χ3v) is 5.97. The third kappa shape index (κ3) is 35.9. The van der Waals surface area contributed by atoms with Crippen molar-refractivity contribution < 1.29 is 18.9 Å². The Bertz CT molecular complexity index is 362. The Kier molecular flexibility index (Phi) is 34.1. The topological polar surface area (TPSA) is 72.3 Å². The maximum absolute atomic E-state index is 9.00. The van der Waals surface area contributed by atoms with Gasteiger partial charge >= 0.3 is 0 Å². The number of hydrogen-bond donors (Lipinski definition) is 2. The number of carboxylic acids is 1. The average molecular weight is 492 g/mol. The molecule has 0 saturated carbocycles. The average Bonchev–Trinajstić information content (AvgIpc) is 2.69. The first kappa shape index (κ1) is 40.5. The lowest BCUT2D eigenvalue weighted by atomic mass is 10.1. The molecule has 34 heavy (non-hydrogen) atoms. The molecule has 0 heterocycles. The summed E-state index contributed by atoms with van der Waals surface area (Å²) in [5.74, 6) is -0.833.